The van der Waals surface area contributed by atoms with E-state index in [1.165, 1.54) is 43.5 Å². The number of aromatic nitrogens is 1. The van der Waals surface area contributed by atoms with E-state index in [4.69, 9.17) is 0 Å². The Balaban J connectivity index is 1.33. The molecule has 2 aromatic rings. The quantitative estimate of drug-likeness (QED) is 0.841. The molecule has 4 rings (SSSR count). The number of likely N-dealkylation sites (tertiary alicyclic amines) is 1. The highest BCUT2D eigenvalue weighted by molar-refractivity contribution is 5.29. The summed E-state index contributed by atoms with van der Waals surface area (Å²) in [5, 5.41) is 10.6. The molecule has 1 fully saturated rings. The Kier molecular flexibility index (Phi) is 5.37. The monoisotopic (exact) mass is 350 g/mol. The van der Waals surface area contributed by atoms with Gasteiger partial charge in [-0.3, -0.25) is 4.98 Å². The highest BCUT2D eigenvalue weighted by Gasteiger charge is 2.27. The standard InChI is InChI=1S/C23H30N2O/c1-17-4-2-3-5-21(17)20-9-12-25(13-10-20)16-18-6-7-19-8-11-24-15-22(19)23(26)14-18/h2-5,8,11,15,18,20,23,26H,6-7,9-10,12-14,16H2,1H3/t18-,23-/m1/s1. The number of aliphatic hydroxyl groups excluding tert-OH is 1. The van der Waals surface area contributed by atoms with Gasteiger partial charge in [0.05, 0.1) is 6.10 Å². The number of pyridine rings is 1. The van der Waals surface area contributed by atoms with Crippen molar-refractivity contribution in [2.24, 2.45) is 5.92 Å². The highest BCUT2D eigenvalue weighted by Crippen LogP contribution is 2.34. The van der Waals surface area contributed by atoms with E-state index >= 15 is 0 Å². The maximum Gasteiger partial charge on any atom is 0.0810 e. The first kappa shape index (κ1) is 17.7. The lowest BCUT2D eigenvalue weighted by atomic mass is 9.86. The second-order valence-corrected chi connectivity index (χ2v) is 8.16. The SMILES string of the molecule is Cc1ccccc1C1CCN(C[C@@H]2CCc3ccncc3[C@H](O)C2)CC1. The number of rotatable bonds is 3. The molecule has 0 unspecified atom stereocenters. The van der Waals surface area contributed by atoms with Crippen LogP contribution < -0.4 is 0 Å². The van der Waals surface area contributed by atoms with Crippen molar-refractivity contribution in [2.45, 2.75) is 51.0 Å². The van der Waals surface area contributed by atoms with Crippen LogP contribution in [0.5, 0.6) is 0 Å². The van der Waals surface area contributed by atoms with Crippen LogP contribution in [-0.4, -0.2) is 34.6 Å². The van der Waals surface area contributed by atoms with Crippen LogP contribution in [0.15, 0.2) is 42.7 Å². The number of fused-ring (bicyclic) bond motifs is 1. The Labute approximate surface area is 157 Å². The molecule has 0 radical (unpaired) electrons. The first-order valence-corrected chi connectivity index (χ1v) is 10.1. The third kappa shape index (κ3) is 3.84. The third-order valence-electron chi connectivity index (χ3n) is 6.42. The van der Waals surface area contributed by atoms with E-state index in [1.807, 2.05) is 12.4 Å². The van der Waals surface area contributed by atoms with E-state index in [1.54, 1.807) is 5.56 Å². The van der Waals surface area contributed by atoms with Crippen LogP contribution in [0.2, 0.25) is 0 Å². The summed E-state index contributed by atoms with van der Waals surface area (Å²) < 4.78 is 0. The molecular formula is C23H30N2O. The molecule has 3 nitrogen and oxygen atoms in total. The number of hydrogen-bond acceptors (Lipinski definition) is 3. The van der Waals surface area contributed by atoms with Crippen molar-refractivity contribution in [3.8, 4) is 0 Å². The zero-order valence-electron chi connectivity index (χ0n) is 15.8. The van der Waals surface area contributed by atoms with Gasteiger partial charge in [0.15, 0.2) is 0 Å². The van der Waals surface area contributed by atoms with Crippen LogP contribution in [0.1, 0.15) is 60.0 Å². The normalized spacial score (nSPS) is 24.8. The molecule has 138 valence electrons. The molecule has 0 amide bonds. The van der Waals surface area contributed by atoms with Crippen LogP contribution >= 0.6 is 0 Å². The van der Waals surface area contributed by atoms with E-state index in [0.29, 0.717) is 11.8 Å². The van der Waals surface area contributed by atoms with Crippen molar-refractivity contribution in [2.75, 3.05) is 19.6 Å². The van der Waals surface area contributed by atoms with Gasteiger partial charge in [-0.15, -0.1) is 0 Å². The molecule has 2 atom stereocenters. The van der Waals surface area contributed by atoms with Gasteiger partial charge in [-0.05, 0) is 86.7 Å². The smallest absolute Gasteiger partial charge is 0.0810 e. The maximum atomic E-state index is 10.6. The third-order valence-corrected chi connectivity index (χ3v) is 6.42. The minimum atomic E-state index is -0.351. The Morgan fingerprint density at radius 1 is 1.08 bits per heavy atom. The summed E-state index contributed by atoms with van der Waals surface area (Å²) in [5.74, 6) is 1.29. The molecule has 2 heterocycles. The molecule has 0 spiro atoms. The summed E-state index contributed by atoms with van der Waals surface area (Å²) in [7, 11) is 0. The van der Waals surface area contributed by atoms with Crippen molar-refractivity contribution in [3.63, 3.8) is 0 Å². The Hall–Kier alpha value is -1.71. The maximum absolute atomic E-state index is 10.6. The largest absolute Gasteiger partial charge is 0.388 e. The van der Waals surface area contributed by atoms with Gasteiger partial charge in [-0.25, -0.2) is 0 Å². The Morgan fingerprint density at radius 2 is 1.88 bits per heavy atom. The van der Waals surface area contributed by atoms with E-state index in [9.17, 15) is 5.11 Å². The molecule has 2 aliphatic rings. The first-order chi connectivity index (χ1) is 12.7. The topological polar surface area (TPSA) is 36.4 Å². The summed E-state index contributed by atoms with van der Waals surface area (Å²) in [6.07, 6.45) is 8.98. The van der Waals surface area contributed by atoms with Crippen molar-refractivity contribution >= 4 is 0 Å². The van der Waals surface area contributed by atoms with Gasteiger partial charge in [0, 0.05) is 24.5 Å². The second-order valence-electron chi connectivity index (χ2n) is 8.16. The molecule has 1 aliphatic carbocycles. The van der Waals surface area contributed by atoms with Crippen LogP contribution in [0.3, 0.4) is 0 Å². The van der Waals surface area contributed by atoms with Crippen LogP contribution in [-0.2, 0) is 6.42 Å². The number of aliphatic hydroxyl groups is 1. The predicted molar refractivity (Wildman–Crippen MR) is 105 cm³/mol. The van der Waals surface area contributed by atoms with Gasteiger partial charge in [0.1, 0.15) is 0 Å². The van der Waals surface area contributed by atoms with Crippen molar-refractivity contribution in [3.05, 3.63) is 65.0 Å². The molecular weight excluding hydrogens is 320 g/mol. The van der Waals surface area contributed by atoms with Crippen LogP contribution in [0.4, 0.5) is 0 Å². The van der Waals surface area contributed by atoms with Gasteiger partial charge >= 0.3 is 0 Å². The average Bonchev–Trinajstić information content (AvgIpc) is 2.82. The van der Waals surface area contributed by atoms with Gasteiger partial charge in [-0.2, -0.15) is 0 Å². The fourth-order valence-corrected chi connectivity index (χ4v) is 4.89. The Morgan fingerprint density at radius 3 is 2.69 bits per heavy atom. The number of hydrogen-bond donors (Lipinski definition) is 1. The van der Waals surface area contributed by atoms with Crippen molar-refractivity contribution in [1.29, 1.82) is 0 Å². The fraction of sp³-hybridized carbons (Fsp3) is 0.522. The lowest BCUT2D eigenvalue weighted by Crippen LogP contribution is -2.37. The van der Waals surface area contributed by atoms with E-state index in [-0.39, 0.29) is 6.10 Å². The van der Waals surface area contributed by atoms with Crippen molar-refractivity contribution in [1.82, 2.24) is 9.88 Å². The molecule has 1 aliphatic heterocycles. The van der Waals surface area contributed by atoms with Gasteiger partial charge in [0.2, 0.25) is 0 Å². The van der Waals surface area contributed by atoms with Crippen LogP contribution in [0.25, 0.3) is 0 Å². The summed E-state index contributed by atoms with van der Waals surface area (Å²) in [6, 6.07) is 10.9. The van der Waals surface area contributed by atoms with E-state index in [2.05, 4.69) is 47.1 Å². The lowest BCUT2D eigenvalue weighted by Gasteiger charge is -2.35. The second kappa shape index (κ2) is 7.89. The summed E-state index contributed by atoms with van der Waals surface area (Å²) >= 11 is 0. The molecule has 0 saturated carbocycles. The molecule has 1 N–H and O–H groups in total. The molecule has 0 bridgehead atoms. The molecule has 1 saturated heterocycles. The Bertz CT molecular complexity index is 736. The fourth-order valence-electron chi connectivity index (χ4n) is 4.89. The number of nitrogens with zero attached hydrogens (tertiary/aromatic N) is 2. The van der Waals surface area contributed by atoms with E-state index in [0.717, 1.165) is 24.9 Å². The molecule has 1 aromatic heterocycles. The number of aryl methyl sites for hydroxylation is 2. The number of benzene rings is 1. The lowest BCUT2D eigenvalue weighted by molar-refractivity contribution is 0.117. The summed E-state index contributed by atoms with van der Waals surface area (Å²) in [5.41, 5.74) is 5.31. The van der Waals surface area contributed by atoms with Gasteiger partial charge < -0.3 is 10.0 Å². The predicted octanol–water partition coefficient (Wildman–Crippen LogP) is 4.26. The van der Waals surface area contributed by atoms with E-state index < -0.39 is 0 Å². The molecule has 26 heavy (non-hydrogen) atoms. The van der Waals surface area contributed by atoms with Gasteiger partial charge in [-0.1, -0.05) is 24.3 Å². The summed E-state index contributed by atoms with van der Waals surface area (Å²) in [6.45, 7) is 5.72. The van der Waals surface area contributed by atoms with Crippen molar-refractivity contribution < 1.29 is 5.11 Å². The average molecular weight is 351 g/mol. The molecule has 1 aromatic carbocycles. The number of piperidine rings is 1. The molecule has 3 heteroatoms. The van der Waals surface area contributed by atoms with Crippen LogP contribution in [0, 0.1) is 12.8 Å². The summed E-state index contributed by atoms with van der Waals surface area (Å²) in [4.78, 5) is 6.83. The minimum Gasteiger partial charge on any atom is -0.388 e. The first-order valence-electron chi connectivity index (χ1n) is 10.1. The highest BCUT2D eigenvalue weighted by atomic mass is 16.3. The minimum absolute atomic E-state index is 0.351. The van der Waals surface area contributed by atoms with Gasteiger partial charge in [0.25, 0.3) is 0 Å². The zero-order valence-corrected chi connectivity index (χ0v) is 15.8. The zero-order chi connectivity index (χ0) is 17.9.